The molecule has 2 N–H and O–H groups in total. The van der Waals surface area contributed by atoms with E-state index in [1.54, 1.807) is 13.3 Å². The highest BCUT2D eigenvalue weighted by molar-refractivity contribution is 7.10. The zero-order valence-corrected chi connectivity index (χ0v) is 46.2. The van der Waals surface area contributed by atoms with Crippen LogP contribution in [0.3, 0.4) is 0 Å². The van der Waals surface area contributed by atoms with E-state index in [0.717, 1.165) is 101 Å². The second kappa shape index (κ2) is 21.3. The number of esters is 1. The standard InChI is InChI=1S/C58H74N10O8S/c1-7-74-52-50(63-53(69)48-34(2)47(48)44-12-15-59-33-61-44)55(70)68-30-36-26-58(27-36,64-68)56(71)76-32-57(4,5)28-43-41-24-37(45-31-77-54(52)62-45)8-11-46(41)67(20-23-75-40-13-21-73-22-14-40)51(43)42-25-39(29-60-49(42)35(3)72-6)66-18-16-65(17-19-66)38-9-10-38/h8,11-12,15,24-25,29,31,33-36,38,40,47-48,50,52,64H,7,9-10,13-14,16-23,26-28,30,32H2,1-6H3,(H,63,69)/t34-,35-,36?,47-,48+,50-,52-,58?/m0/s1. The Balaban J connectivity index is 0.981. The van der Waals surface area contributed by atoms with Crippen molar-refractivity contribution in [2.24, 2.45) is 23.2 Å². The number of fused-ring (bicyclic) bond motifs is 4. The lowest BCUT2D eigenvalue weighted by Gasteiger charge is -2.55. The fourth-order valence-electron chi connectivity index (χ4n) is 13.0. The van der Waals surface area contributed by atoms with Crippen molar-refractivity contribution >= 4 is 45.7 Å². The molecule has 3 aliphatic carbocycles. The number of hydrogen-bond donors (Lipinski definition) is 2. The van der Waals surface area contributed by atoms with Gasteiger partial charge in [0.05, 0.1) is 54.4 Å². The highest BCUT2D eigenvalue weighted by atomic mass is 32.1. The predicted octanol–water partition coefficient (Wildman–Crippen LogP) is 7.04. The molecule has 4 aromatic heterocycles. The first-order chi connectivity index (χ1) is 37.3. The molecule has 0 radical (unpaired) electrons. The van der Waals surface area contributed by atoms with E-state index >= 15 is 4.79 Å². The van der Waals surface area contributed by atoms with Crippen LogP contribution in [-0.4, -0.2) is 149 Å². The minimum atomic E-state index is -1.17. The largest absolute Gasteiger partial charge is 0.464 e. The van der Waals surface area contributed by atoms with E-state index in [2.05, 4.69) is 80.1 Å². The number of pyridine rings is 1. The lowest BCUT2D eigenvalue weighted by atomic mass is 9.66. The maximum atomic E-state index is 15.2. The third-order valence-corrected chi connectivity index (χ3v) is 18.4. The minimum absolute atomic E-state index is 0.00286. The number of ether oxygens (including phenoxy) is 5. The molecular formula is C58H74N10O8S. The van der Waals surface area contributed by atoms with Crippen molar-refractivity contribution in [1.29, 1.82) is 0 Å². The normalized spacial score (nSPS) is 28.2. The van der Waals surface area contributed by atoms with Crippen molar-refractivity contribution in [3.05, 3.63) is 76.4 Å². The summed E-state index contributed by atoms with van der Waals surface area (Å²) in [4.78, 5) is 68.5. The Bertz CT molecular complexity index is 2980. The number of hydrazine groups is 1. The highest BCUT2D eigenvalue weighted by Crippen LogP contribution is 2.53. The molecule has 1 spiro atoms. The number of carbonyl (C=O) groups excluding carboxylic acids is 3. The Morgan fingerprint density at radius 1 is 1.03 bits per heavy atom. The van der Waals surface area contributed by atoms with E-state index < -0.39 is 40.9 Å². The molecule has 4 saturated heterocycles. The molecule has 9 heterocycles. The van der Waals surface area contributed by atoms with Gasteiger partial charge in [0.1, 0.15) is 29.0 Å². The van der Waals surface area contributed by atoms with Gasteiger partial charge in [0.15, 0.2) is 0 Å². The minimum Gasteiger partial charge on any atom is -0.464 e. The molecule has 18 nitrogen and oxygen atoms in total. The first-order valence-corrected chi connectivity index (χ1v) is 29.0. The van der Waals surface area contributed by atoms with Gasteiger partial charge < -0.3 is 38.5 Å². The van der Waals surface area contributed by atoms with Gasteiger partial charge in [-0.2, -0.15) is 0 Å². The maximum absolute atomic E-state index is 15.2. The smallest absolute Gasteiger partial charge is 0.328 e. The van der Waals surface area contributed by atoms with Crippen LogP contribution >= 0.6 is 11.3 Å². The molecule has 410 valence electrons. The van der Waals surface area contributed by atoms with Gasteiger partial charge in [0, 0.05) is 129 Å². The van der Waals surface area contributed by atoms with Crippen molar-refractivity contribution in [3.8, 4) is 22.5 Å². The number of piperazine rings is 1. The van der Waals surface area contributed by atoms with Crippen molar-refractivity contribution in [2.45, 2.75) is 128 Å². The molecule has 7 bridgehead atoms. The summed E-state index contributed by atoms with van der Waals surface area (Å²) < 4.78 is 33.9. The fourth-order valence-corrected chi connectivity index (χ4v) is 13.9. The van der Waals surface area contributed by atoms with Crippen LogP contribution in [0.4, 0.5) is 5.69 Å². The van der Waals surface area contributed by atoms with Gasteiger partial charge in [-0.05, 0) is 100 Å². The third-order valence-electron chi connectivity index (χ3n) is 17.5. The number of amides is 2. The zero-order valence-electron chi connectivity index (χ0n) is 45.4. The molecular weight excluding hydrogens is 997 g/mol. The molecule has 7 fully saturated rings. The molecule has 77 heavy (non-hydrogen) atoms. The van der Waals surface area contributed by atoms with Crippen LogP contribution in [-0.2, 0) is 51.0 Å². The summed E-state index contributed by atoms with van der Waals surface area (Å²) in [5.41, 5.74) is 10.2. The number of aromatic nitrogens is 5. The number of benzene rings is 1. The molecule has 5 aliphatic heterocycles. The number of nitrogens with zero attached hydrogens (tertiary/aromatic N) is 8. The maximum Gasteiger partial charge on any atom is 0.328 e. The van der Waals surface area contributed by atoms with Crippen LogP contribution < -0.4 is 15.6 Å². The summed E-state index contributed by atoms with van der Waals surface area (Å²) in [5.74, 6) is -1.52. The second-order valence-corrected chi connectivity index (χ2v) is 24.4. The van der Waals surface area contributed by atoms with Crippen molar-refractivity contribution in [2.75, 3.05) is 77.8 Å². The number of cyclic esters (lactones) is 1. The summed E-state index contributed by atoms with van der Waals surface area (Å²) in [6.45, 7) is 17.4. The van der Waals surface area contributed by atoms with E-state index in [1.807, 2.05) is 31.5 Å². The Morgan fingerprint density at radius 3 is 2.57 bits per heavy atom. The van der Waals surface area contributed by atoms with Gasteiger partial charge in [-0.1, -0.05) is 26.8 Å². The van der Waals surface area contributed by atoms with E-state index in [0.29, 0.717) is 57.2 Å². The van der Waals surface area contributed by atoms with Crippen LogP contribution in [0.1, 0.15) is 113 Å². The fraction of sp³-hybridized carbons (Fsp3) is 0.603. The quantitative estimate of drug-likeness (QED) is 0.108. The predicted molar refractivity (Wildman–Crippen MR) is 291 cm³/mol. The average molecular weight is 1070 g/mol. The van der Waals surface area contributed by atoms with Gasteiger partial charge in [0.25, 0.3) is 5.91 Å². The molecule has 3 saturated carbocycles. The Morgan fingerprint density at radius 2 is 1.83 bits per heavy atom. The summed E-state index contributed by atoms with van der Waals surface area (Å²) in [5, 5.41) is 8.30. The summed E-state index contributed by atoms with van der Waals surface area (Å²) in [7, 11) is 1.74. The topological polar surface area (TPSA) is 188 Å². The van der Waals surface area contributed by atoms with Gasteiger partial charge in [-0.25, -0.2) is 25.2 Å². The number of nitrogens with one attached hydrogen (secondary N) is 2. The van der Waals surface area contributed by atoms with Crippen LogP contribution in [0.25, 0.3) is 33.4 Å². The monoisotopic (exact) mass is 1070 g/mol. The van der Waals surface area contributed by atoms with Crippen LogP contribution in [0.2, 0.25) is 0 Å². The number of hydrogen-bond acceptors (Lipinski definition) is 16. The number of methoxy groups -OCH3 is 1. The summed E-state index contributed by atoms with van der Waals surface area (Å²) in [6.07, 6.45) is 9.98. The highest BCUT2D eigenvalue weighted by Gasteiger charge is 2.59. The van der Waals surface area contributed by atoms with Crippen LogP contribution in [0.5, 0.6) is 0 Å². The molecule has 8 aliphatic rings. The van der Waals surface area contributed by atoms with Gasteiger partial charge in [-0.3, -0.25) is 24.5 Å². The number of anilines is 1. The number of rotatable bonds is 14. The van der Waals surface area contributed by atoms with Gasteiger partial charge >= 0.3 is 5.97 Å². The Labute approximate surface area is 454 Å². The van der Waals surface area contributed by atoms with Crippen molar-refractivity contribution in [1.82, 2.24) is 45.2 Å². The summed E-state index contributed by atoms with van der Waals surface area (Å²) >= 11 is 1.40. The van der Waals surface area contributed by atoms with Gasteiger partial charge in [0.2, 0.25) is 5.91 Å². The molecule has 6 atom stereocenters. The van der Waals surface area contributed by atoms with E-state index in [9.17, 15) is 9.59 Å². The molecule has 1 aromatic carbocycles. The number of carbonyl (C=O) groups is 3. The zero-order chi connectivity index (χ0) is 53.2. The van der Waals surface area contributed by atoms with Crippen molar-refractivity contribution in [3.63, 3.8) is 0 Å². The molecule has 19 heteroatoms. The first kappa shape index (κ1) is 52.3. The molecule has 2 amide bonds. The second-order valence-electron chi connectivity index (χ2n) is 23.5. The number of thiazole rings is 1. The average Bonchev–Trinajstić information content (AvgIpc) is 4.36. The Hall–Kier alpha value is -5.41. The van der Waals surface area contributed by atoms with Crippen LogP contribution in [0.15, 0.2) is 54.4 Å². The SMILES string of the molecule is CCO[C@@H]1c2nc(cs2)-c2ccc3c(c2)c(c(-c2cc(N4CCN(C5CC5)CC4)cnc2[C@H](C)OC)n3CCOC2CCOCC2)CC(C)(C)COC(=O)C23CC(CN(N2)C(=O)[C@H]1NC(=O)[C@@H]1[C@@H](C)[C@H]1c1ccncn1)C3. The third kappa shape index (κ3) is 10.3. The van der Waals surface area contributed by atoms with E-state index in [4.69, 9.17) is 33.7 Å². The van der Waals surface area contributed by atoms with E-state index in [-0.39, 0.29) is 49.1 Å². The Kier molecular flexibility index (Phi) is 14.5. The van der Waals surface area contributed by atoms with Crippen molar-refractivity contribution < 1.29 is 38.1 Å². The van der Waals surface area contributed by atoms with E-state index in [1.165, 1.54) is 35.5 Å². The lowest BCUT2D eigenvalue weighted by molar-refractivity contribution is -0.181. The molecule has 0 unspecified atom stereocenters. The molecule has 13 rings (SSSR count). The first-order valence-electron chi connectivity index (χ1n) is 28.1. The lowest BCUT2D eigenvalue weighted by Crippen LogP contribution is -2.75. The summed E-state index contributed by atoms with van der Waals surface area (Å²) in [6, 6.07) is 10.3. The van der Waals surface area contributed by atoms with Crippen LogP contribution in [0, 0.1) is 23.2 Å². The molecule has 5 aromatic rings. The van der Waals surface area contributed by atoms with Gasteiger partial charge in [-0.15, -0.1) is 11.3 Å².